The van der Waals surface area contributed by atoms with Crippen LogP contribution in [0.2, 0.25) is 0 Å². The molecule has 7 heteroatoms. The summed E-state index contributed by atoms with van der Waals surface area (Å²) < 4.78 is 27.7. The molecule has 4 N–H and O–H groups in total. The molecule has 0 atom stereocenters. The van der Waals surface area contributed by atoms with Crippen LogP contribution in [0, 0.1) is 18.6 Å². The van der Waals surface area contributed by atoms with Gasteiger partial charge in [-0.05, 0) is 24.6 Å². The first-order valence-corrected chi connectivity index (χ1v) is 6.16. The molecular weight excluding hydrogens is 318 g/mol. The van der Waals surface area contributed by atoms with Crippen molar-refractivity contribution in [1.29, 1.82) is 0 Å². The van der Waals surface area contributed by atoms with Crippen LogP contribution in [0.25, 0.3) is 0 Å². The van der Waals surface area contributed by atoms with Crippen molar-refractivity contribution in [2.24, 2.45) is 5.84 Å². The van der Waals surface area contributed by atoms with E-state index in [9.17, 15) is 8.78 Å². The smallest absolute Gasteiger partial charge is 0.178 e. The van der Waals surface area contributed by atoms with E-state index >= 15 is 0 Å². The van der Waals surface area contributed by atoms with Crippen molar-refractivity contribution in [2.75, 3.05) is 10.7 Å². The van der Waals surface area contributed by atoms with Gasteiger partial charge in [0.15, 0.2) is 23.3 Å². The summed E-state index contributed by atoms with van der Waals surface area (Å²) in [5.74, 6) is 3.13. The Morgan fingerprint density at radius 2 is 1.84 bits per heavy atom. The highest BCUT2D eigenvalue weighted by molar-refractivity contribution is 9.10. The van der Waals surface area contributed by atoms with Crippen molar-refractivity contribution in [3.05, 3.63) is 45.9 Å². The molecule has 4 nitrogen and oxygen atoms in total. The van der Waals surface area contributed by atoms with Crippen LogP contribution in [0.5, 0.6) is 0 Å². The lowest BCUT2D eigenvalue weighted by Crippen LogP contribution is -2.12. The minimum absolute atomic E-state index is 0.101. The SMILES string of the molecule is Cc1ccc(Br)cc1Nc1nc(NN)c(F)cc1F. The van der Waals surface area contributed by atoms with Gasteiger partial charge in [0, 0.05) is 16.2 Å². The van der Waals surface area contributed by atoms with Gasteiger partial charge in [-0.1, -0.05) is 22.0 Å². The number of hydrogen-bond donors (Lipinski definition) is 3. The summed E-state index contributed by atoms with van der Waals surface area (Å²) in [5, 5.41) is 2.80. The number of aryl methyl sites for hydroxylation is 1. The van der Waals surface area contributed by atoms with E-state index in [0.29, 0.717) is 5.69 Å². The molecule has 1 heterocycles. The molecule has 2 aromatic rings. The number of nitrogens with zero attached hydrogens (tertiary/aromatic N) is 1. The summed E-state index contributed by atoms with van der Waals surface area (Å²) in [6.07, 6.45) is 0. The first-order valence-electron chi connectivity index (χ1n) is 5.37. The minimum Gasteiger partial charge on any atom is -0.337 e. The molecule has 0 aliphatic carbocycles. The van der Waals surface area contributed by atoms with E-state index in [0.717, 1.165) is 16.1 Å². The number of hydrazine groups is 1. The highest BCUT2D eigenvalue weighted by Gasteiger charge is 2.12. The Hall–Kier alpha value is -1.73. The number of halogens is 3. The van der Waals surface area contributed by atoms with Crippen molar-refractivity contribution >= 4 is 33.3 Å². The Balaban J connectivity index is 2.40. The van der Waals surface area contributed by atoms with Gasteiger partial charge >= 0.3 is 0 Å². The number of aromatic nitrogens is 1. The maximum Gasteiger partial charge on any atom is 0.178 e. The fourth-order valence-electron chi connectivity index (χ4n) is 1.51. The summed E-state index contributed by atoms with van der Waals surface area (Å²) >= 11 is 3.32. The van der Waals surface area contributed by atoms with Gasteiger partial charge in [0.1, 0.15) is 0 Å². The van der Waals surface area contributed by atoms with Crippen LogP contribution < -0.4 is 16.6 Å². The molecule has 1 aromatic heterocycles. The highest BCUT2D eigenvalue weighted by atomic mass is 79.9. The monoisotopic (exact) mass is 328 g/mol. The zero-order valence-electron chi connectivity index (χ0n) is 9.97. The zero-order valence-corrected chi connectivity index (χ0v) is 11.6. The molecule has 0 saturated carbocycles. The number of nitrogens with one attached hydrogen (secondary N) is 2. The Labute approximate surface area is 117 Å². The Morgan fingerprint density at radius 1 is 1.16 bits per heavy atom. The van der Waals surface area contributed by atoms with Crippen LogP contribution in [0.4, 0.5) is 26.1 Å². The Bertz CT molecular complexity index is 619. The molecule has 1 aromatic carbocycles. The molecule has 100 valence electrons. The van der Waals surface area contributed by atoms with Crippen molar-refractivity contribution in [3.63, 3.8) is 0 Å². The van der Waals surface area contributed by atoms with Crippen LogP contribution in [0.3, 0.4) is 0 Å². The van der Waals surface area contributed by atoms with Gasteiger partial charge in [0.2, 0.25) is 0 Å². The molecule has 0 saturated heterocycles. The number of pyridine rings is 1. The number of benzene rings is 1. The van der Waals surface area contributed by atoms with Gasteiger partial charge in [-0.2, -0.15) is 0 Å². The molecule has 0 fully saturated rings. The third-order valence-electron chi connectivity index (χ3n) is 2.52. The largest absolute Gasteiger partial charge is 0.337 e. The molecule has 0 spiro atoms. The Morgan fingerprint density at radius 3 is 2.53 bits per heavy atom. The molecule has 0 aliphatic rings. The third-order valence-corrected chi connectivity index (χ3v) is 3.01. The normalized spacial score (nSPS) is 10.4. The predicted octanol–water partition coefficient (Wildman–Crippen LogP) is 3.46. The second-order valence-corrected chi connectivity index (χ2v) is 4.79. The Kier molecular flexibility index (Phi) is 3.96. The summed E-state index contributed by atoms with van der Waals surface area (Å²) in [5.41, 5.74) is 3.63. The van der Waals surface area contributed by atoms with Crippen LogP contribution in [0.1, 0.15) is 5.56 Å². The standard InChI is InChI=1S/C12H11BrF2N4/c1-6-2-3-7(13)4-10(6)17-11-8(14)5-9(15)12(18-11)19-16/h2-5H,16H2,1H3,(H2,17,18,19). The third kappa shape index (κ3) is 2.99. The topological polar surface area (TPSA) is 63.0 Å². The number of anilines is 3. The van der Waals surface area contributed by atoms with Crippen LogP contribution in [-0.4, -0.2) is 4.98 Å². The van der Waals surface area contributed by atoms with Crippen molar-refractivity contribution < 1.29 is 8.78 Å². The number of nitrogens with two attached hydrogens (primary N) is 1. The van der Waals surface area contributed by atoms with Crippen molar-refractivity contribution in [2.45, 2.75) is 6.92 Å². The lowest BCUT2D eigenvalue weighted by Gasteiger charge is -2.11. The highest BCUT2D eigenvalue weighted by Crippen LogP contribution is 2.26. The quantitative estimate of drug-likeness (QED) is 0.596. The molecule has 19 heavy (non-hydrogen) atoms. The maximum absolute atomic E-state index is 13.6. The summed E-state index contributed by atoms with van der Waals surface area (Å²) in [6.45, 7) is 1.86. The molecule has 2 rings (SSSR count). The fraction of sp³-hybridized carbons (Fsp3) is 0.0833. The van der Waals surface area contributed by atoms with Gasteiger partial charge in [-0.25, -0.2) is 19.6 Å². The molecule has 0 aliphatic heterocycles. The summed E-state index contributed by atoms with van der Waals surface area (Å²) in [6, 6.07) is 6.21. The average Bonchev–Trinajstić information content (AvgIpc) is 2.37. The van der Waals surface area contributed by atoms with E-state index < -0.39 is 11.6 Å². The second-order valence-electron chi connectivity index (χ2n) is 3.88. The summed E-state index contributed by atoms with van der Waals surface area (Å²) in [4.78, 5) is 3.74. The van der Waals surface area contributed by atoms with Crippen LogP contribution in [0.15, 0.2) is 28.7 Å². The van der Waals surface area contributed by atoms with E-state index in [-0.39, 0.29) is 11.6 Å². The minimum atomic E-state index is -0.850. The van der Waals surface area contributed by atoms with Crippen molar-refractivity contribution in [1.82, 2.24) is 4.98 Å². The molecule has 0 bridgehead atoms. The van der Waals surface area contributed by atoms with E-state index in [1.807, 2.05) is 19.1 Å². The lowest BCUT2D eigenvalue weighted by molar-refractivity contribution is 0.579. The van der Waals surface area contributed by atoms with Crippen LogP contribution in [-0.2, 0) is 0 Å². The number of rotatable bonds is 3. The van der Waals surface area contributed by atoms with Gasteiger partial charge in [-0.15, -0.1) is 0 Å². The van der Waals surface area contributed by atoms with E-state index in [4.69, 9.17) is 5.84 Å². The van der Waals surface area contributed by atoms with E-state index in [1.54, 1.807) is 6.07 Å². The van der Waals surface area contributed by atoms with Crippen LogP contribution >= 0.6 is 15.9 Å². The van der Waals surface area contributed by atoms with Gasteiger partial charge in [0.05, 0.1) is 0 Å². The zero-order chi connectivity index (χ0) is 14.0. The van der Waals surface area contributed by atoms with Gasteiger partial charge in [0.25, 0.3) is 0 Å². The maximum atomic E-state index is 13.6. The van der Waals surface area contributed by atoms with Gasteiger partial charge < -0.3 is 10.7 Å². The van der Waals surface area contributed by atoms with Gasteiger partial charge in [-0.3, -0.25) is 0 Å². The average molecular weight is 329 g/mol. The predicted molar refractivity (Wildman–Crippen MR) is 74.1 cm³/mol. The van der Waals surface area contributed by atoms with E-state index in [1.165, 1.54) is 0 Å². The van der Waals surface area contributed by atoms with E-state index in [2.05, 4.69) is 31.7 Å². The first-order chi connectivity index (χ1) is 9.01. The molecule has 0 amide bonds. The lowest BCUT2D eigenvalue weighted by atomic mass is 10.2. The summed E-state index contributed by atoms with van der Waals surface area (Å²) in [7, 11) is 0. The van der Waals surface area contributed by atoms with Crippen molar-refractivity contribution in [3.8, 4) is 0 Å². The fourth-order valence-corrected chi connectivity index (χ4v) is 1.87. The second kappa shape index (κ2) is 5.50. The first kappa shape index (κ1) is 13.7. The molecule has 0 unspecified atom stereocenters. The number of hydrogen-bond acceptors (Lipinski definition) is 4. The molecular formula is C12H11BrF2N4. The molecule has 0 radical (unpaired) electrons. The number of nitrogen functional groups attached to an aromatic ring is 1.